The molecule has 0 atom stereocenters. The summed E-state index contributed by atoms with van der Waals surface area (Å²) in [5.74, 6) is -0.839. The molecule has 0 amide bonds. The molecule has 1 aromatic carbocycles. The van der Waals surface area contributed by atoms with Crippen molar-refractivity contribution in [3.8, 4) is 11.3 Å². The van der Waals surface area contributed by atoms with Crippen molar-refractivity contribution in [3.63, 3.8) is 0 Å². The van der Waals surface area contributed by atoms with Gasteiger partial charge in [0.15, 0.2) is 0 Å². The molecule has 7 heteroatoms. The minimum Gasteiger partial charge on any atom is -0.306 e. The summed E-state index contributed by atoms with van der Waals surface area (Å²) in [6.45, 7) is 6.80. The minimum absolute atomic E-state index is 0.0134. The Morgan fingerprint density at radius 1 is 1.43 bits per heavy atom. The lowest BCUT2D eigenvalue weighted by atomic mass is 10.1. The van der Waals surface area contributed by atoms with Crippen LogP contribution < -0.4 is 5.32 Å². The van der Waals surface area contributed by atoms with E-state index in [0.717, 1.165) is 11.1 Å². The predicted octanol–water partition coefficient (Wildman–Crippen LogP) is 3.75. The lowest BCUT2D eigenvalue weighted by molar-refractivity contribution is -0.387. The molecule has 0 fully saturated rings. The maximum atomic E-state index is 13.3. The van der Waals surface area contributed by atoms with Gasteiger partial charge in [-0.2, -0.15) is 4.39 Å². The van der Waals surface area contributed by atoms with E-state index in [2.05, 4.69) is 31.1 Å². The number of nitrogens with one attached hydrogen (secondary N) is 1. The average molecular weight is 309 g/mol. The third-order valence-electron chi connectivity index (χ3n) is 2.76. The second-order valence-corrected chi connectivity index (χ2v) is 6.60. The fourth-order valence-corrected chi connectivity index (χ4v) is 2.42. The molecule has 2 aromatic rings. The molecule has 21 heavy (non-hydrogen) atoms. The monoisotopic (exact) mass is 309 g/mol. The summed E-state index contributed by atoms with van der Waals surface area (Å²) in [5, 5.41) is 16.8. The predicted molar refractivity (Wildman–Crippen MR) is 80.8 cm³/mol. The van der Waals surface area contributed by atoms with Crippen LogP contribution in [0.2, 0.25) is 0 Å². The first-order valence-electron chi connectivity index (χ1n) is 6.40. The molecule has 0 saturated heterocycles. The Morgan fingerprint density at radius 3 is 2.76 bits per heavy atom. The van der Waals surface area contributed by atoms with E-state index in [1.165, 1.54) is 23.5 Å². The lowest BCUT2D eigenvalue weighted by Crippen LogP contribution is -2.34. The molecule has 2 rings (SSSR count). The normalized spacial score (nSPS) is 11.6. The van der Waals surface area contributed by atoms with Crippen LogP contribution in [0.25, 0.3) is 11.3 Å². The highest BCUT2D eigenvalue weighted by atomic mass is 32.1. The van der Waals surface area contributed by atoms with Gasteiger partial charge in [0.25, 0.3) is 0 Å². The topological polar surface area (TPSA) is 68.1 Å². The molecule has 0 aliphatic carbocycles. The molecule has 0 unspecified atom stereocenters. The zero-order valence-corrected chi connectivity index (χ0v) is 12.8. The molecule has 1 heterocycles. The first-order chi connectivity index (χ1) is 9.76. The van der Waals surface area contributed by atoms with Crippen molar-refractivity contribution < 1.29 is 9.31 Å². The SMILES string of the molecule is CC(C)(C)NCc1nc(-c2ccc(F)c([N+](=O)[O-])c2)cs1. The quantitative estimate of drug-likeness (QED) is 0.690. The van der Waals surface area contributed by atoms with Crippen LogP contribution in [0.15, 0.2) is 23.6 Å². The molecule has 0 aliphatic rings. The number of hydrogen-bond acceptors (Lipinski definition) is 5. The number of benzene rings is 1. The Bertz CT molecular complexity index is 664. The highest BCUT2D eigenvalue weighted by Crippen LogP contribution is 2.27. The van der Waals surface area contributed by atoms with Crippen LogP contribution in [-0.4, -0.2) is 15.4 Å². The van der Waals surface area contributed by atoms with Crippen LogP contribution >= 0.6 is 11.3 Å². The third kappa shape index (κ3) is 4.05. The first kappa shape index (κ1) is 15.5. The van der Waals surface area contributed by atoms with Gasteiger partial charge in [0.1, 0.15) is 5.01 Å². The summed E-state index contributed by atoms with van der Waals surface area (Å²) < 4.78 is 13.3. The standard InChI is InChI=1S/C14H16FN3O2S/c1-14(2,3)16-7-13-17-11(8-21-13)9-4-5-10(15)12(6-9)18(19)20/h4-6,8,16H,7H2,1-3H3. The number of halogens is 1. The highest BCUT2D eigenvalue weighted by molar-refractivity contribution is 7.09. The number of nitrogens with zero attached hydrogens (tertiary/aromatic N) is 2. The van der Waals surface area contributed by atoms with Crippen molar-refractivity contribution in [2.45, 2.75) is 32.9 Å². The molecule has 0 radical (unpaired) electrons. The summed E-state index contributed by atoms with van der Waals surface area (Å²) >= 11 is 1.47. The van der Waals surface area contributed by atoms with E-state index >= 15 is 0 Å². The van der Waals surface area contributed by atoms with Crippen molar-refractivity contribution in [1.29, 1.82) is 0 Å². The number of nitro groups is 1. The van der Waals surface area contributed by atoms with Crippen molar-refractivity contribution in [3.05, 3.63) is 44.5 Å². The second kappa shape index (κ2) is 5.87. The smallest absolute Gasteiger partial charge is 0.305 e. The highest BCUT2D eigenvalue weighted by Gasteiger charge is 2.16. The van der Waals surface area contributed by atoms with Gasteiger partial charge in [-0.05, 0) is 32.9 Å². The molecule has 0 spiro atoms. The Kier molecular flexibility index (Phi) is 4.34. The van der Waals surface area contributed by atoms with Crippen LogP contribution in [0.1, 0.15) is 25.8 Å². The molecule has 1 N–H and O–H groups in total. The number of hydrogen-bond donors (Lipinski definition) is 1. The number of nitro benzene ring substituents is 1. The lowest BCUT2D eigenvalue weighted by Gasteiger charge is -2.19. The number of thiazole rings is 1. The van der Waals surface area contributed by atoms with Crippen molar-refractivity contribution in [1.82, 2.24) is 10.3 Å². The van der Waals surface area contributed by atoms with E-state index in [9.17, 15) is 14.5 Å². The van der Waals surface area contributed by atoms with E-state index < -0.39 is 16.4 Å². The van der Waals surface area contributed by atoms with E-state index in [-0.39, 0.29) is 5.54 Å². The molecular formula is C14H16FN3O2S. The minimum atomic E-state index is -0.839. The first-order valence-corrected chi connectivity index (χ1v) is 7.28. The van der Waals surface area contributed by atoms with E-state index in [4.69, 9.17) is 0 Å². The van der Waals surface area contributed by atoms with Gasteiger partial charge in [0.05, 0.1) is 10.6 Å². The van der Waals surface area contributed by atoms with Gasteiger partial charge < -0.3 is 5.32 Å². The summed E-state index contributed by atoms with van der Waals surface area (Å²) in [5.41, 5.74) is 0.616. The summed E-state index contributed by atoms with van der Waals surface area (Å²) in [4.78, 5) is 14.5. The zero-order valence-electron chi connectivity index (χ0n) is 12.0. The molecular weight excluding hydrogens is 293 g/mol. The van der Waals surface area contributed by atoms with Gasteiger partial charge in [-0.15, -0.1) is 11.3 Å². The summed E-state index contributed by atoms with van der Waals surface area (Å²) in [6.07, 6.45) is 0. The molecule has 5 nitrogen and oxygen atoms in total. The van der Waals surface area contributed by atoms with Crippen LogP contribution in [0.5, 0.6) is 0 Å². The second-order valence-electron chi connectivity index (χ2n) is 5.65. The number of rotatable bonds is 4. The molecule has 0 aliphatic heterocycles. The fraction of sp³-hybridized carbons (Fsp3) is 0.357. The van der Waals surface area contributed by atoms with E-state index in [1.807, 2.05) is 5.38 Å². The van der Waals surface area contributed by atoms with Gasteiger partial charge in [0, 0.05) is 29.1 Å². The van der Waals surface area contributed by atoms with Crippen LogP contribution in [0, 0.1) is 15.9 Å². The zero-order chi connectivity index (χ0) is 15.6. The largest absolute Gasteiger partial charge is 0.306 e. The summed E-state index contributed by atoms with van der Waals surface area (Å²) in [7, 11) is 0. The van der Waals surface area contributed by atoms with Gasteiger partial charge in [-0.25, -0.2) is 4.98 Å². The van der Waals surface area contributed by atoms with Gasteiger partial charge >= 0.3 is 5.69 Å². The molecule has 0 bridgehead atoms. The molecule has 0 saturated carbocycles. The maximum Gasteiger partial charge on any atom is 0.305 e. The van der Waals surface area contributed by atoms with Crippen molar-refractivity contribution >= 4 is 17.0 Å². The molecule has 112 valence electrons. The average Bonchev–Trinajstić information content (AvgIpc) is 2.84. The van der Waals surface area contributed by atoms with Crippen molar-refractivity contribution in [2.75, 3.05) is 0 Å². The summed E-state index contributed by atoms with van der Waals surface area (Å²) in [6, 6.07) is 3.81. The Balaban J connectivity index is 2.22. The maximum absolute atomic E-state index is 13.3. The van der Waals surface area contributed by atoms with Gasteiger partial charge in [-0.3, -0.25) is 10.1 Å². The number of aromatic nitrogens is 1. The third-order valence-corrected chi connectivity index (χ3v) is 3.61. The van der Waals surface area contributed by atoms with Gasteiger partial charge in [0.2, 0.25) is 5.82 Å². The van der Waals surface area contributed by atoms with Crippen molar-refractivity contribution in [2.24, 2.45) is 0 Å². The van der Waals surface area contributed by atoms with Gasteiger partial charge in [-0.1, -0.05) is 0 Å². The van der Waals surface area contributed by atoms with E-state index in [1.54, 1.807) is 0 Å². The fourth-order valence-electron chi connectivity index (χ4n) is 1.68. The Hall–Kier alpha value is -1.86. The van der Waals surface area contributed by atoms with Crippen LogP contribution in [0.3, 0.4) is 0 Å². The Morgan fingerprint density at radius 2 is 2.14 bits per heavy atom. The Labute approximate surface area is 126 Å². The van der Waals surface area contributed by atoms with Crippen LogP contribution in [-0.2, 0) is 6.54 Å². The molecule has 1 aromatic heterocycles. The van der Waals surface area contributed by atoms with E-state index in [0.29, 0.717) is 17.8 Å². The van der Waals surface area contributed by atoms with Crippen LogP contribution in [0.4, 0.5) is 10.1 Å².